The van der Waals surface area contributed by atoms with Crippen molar-refractivity contribution in [2.24, 2.45) is 5.41 Å². The second kappa shape index (κ2) is 8.37. The minimum absolute atomic E-state index is 0.0376. The third-order valence-corrected chi connectivity index (χ3v) is 6.83. The molecular formula is C27H28FN7O3. The van der Waals surface area contributed by atoms with Gasteiger partial charge in [-0.1, -0.05) is 0 Å². The summed E-state index contributed by atoms with van der Waals surface area (Å²) in [5.41, 5.74) is 3.01. The third kappa shape index (κ3) is 4.17. The number of nitrogens with zero attached hydrogens (tertiary/aromatic N) is 6. The van der Waals surface area contributed by atoms with Gasteiger partial charge in [0.05, 0.1) is 22.6 Å². The van der Waals surface area contributed by atoms with Gasteiger partial charge in [-0.05, 0) is 39.8 Å². The first-order valence-electron chi connectivity index (χ1n) is 12.4. The standard InChI is InChI=1S/C27H28FN7O3/c1-16-10-33-11-17(9-19(28)23(33)31-16)32-24(36)18-5-6-20(22-21(18)29-7-8-30-22)34-12-27(13-34)14-35(15-27)25(37)38-26(2,3)4/h5-11H,12-15H2,1-4H3,(H,32,36). The van der Waals surface area contributed by atoms with Crippen molar-refractivity contribution in [3.8, 4) is 0 Å². The molecule has 0 aliphatic carbocycles. The van der Waals surface area contributed by atoms with E-state index in [0.717, 1.165) is 18.8 Å². The number of aromatic nitrogens is 4. The van der Waals surface area contributed by atoms with Gasteiger partial charge < -0.3 is 24.3 Å². The zero-order chi connectivity index (χ0) is 26.8. The lowest BCUT2D eigenvalue weighted by molar-refractivity contribution is -0.0452. The van der Waals surface area contributed by atoms with Crippen LogP contribution in [-0.4, -0.2) is 68.0 Å². The monoisotopic (exact) mass is 517 g/mol. The zero-order valence-corrected chi connectivity index (χ0v) is 21.7. The van der Waals surface area contributed by atoms with Crippen molar-refractivity contribution in [3.05, 3.63) is 60.1 Å². The summed E-state index contributed by atoms with van der Waals surface area (Å²) in [6.45, 7) is 10.2. The number of hydrogen-bond donors (Lipinski definition) is 1. The topological polar surface area (TPSA) is 105 Å². The minimum atomic E-state index is -0.524. The Morgan fingerprint density at radius 1 is 1.05 bits per heavy atom. The Hall–Kier alpha value is -4.28. The SMILES string of the molecule is Cc1cn2cc(NC(=O)c3ccc(N4CC5(CN(C(=O)OC(C)(C)C)C5)C4)c4nccnc34)cc(F)c2n1. The van der Waals surface area contributed by atoms with E-state index < -0.39 is 17.3 Å². The Kier molecular flexibility index (Phi) is 5.30. The predicted molar refractivity (Wildman–Crippen MR) is 140 cm³/mol. The van der Waals surface area contributed by atoms with E-state index in [9.17, 15) is 14.0 Å². The summed E-state index contributed by atoms with van der Waals surface area (Å²) in [7, 11) is 0. The van der Waals surface area contributed by atoms with Crippen molar-refractivity contribution in [3.63, 3.8) is 0 Å². The highest BCUT2D eigenvalue weighted by Gasteiger charge is 2.54. The van der Waals surface area contributed by atoms with Crippen LogP contribution < -0.4 is 10.2 Å². The van der Waals surface area contributed by atoms with Gasteiger partial charge in [-0.15, -0.1) is 0 Å². The van der Waals surface area contributed by atoms with Crippen LogP contribution in [0.3, 0.4) is 0 Å². The van der Waals surface area contributed by atoms with E-state index in [2.05, 4.69) is 25.2 Å². The highest BCUT2D eigenvalue weighted by Crippen LogP contribution is 2.44. The Labute approximate surface area is 218 Å². The van der Waals surface area contributed by atoms with E-state index >= 15 is 0 Å². The van der Waals surface area contributed by atoms with Gasteiger partial charge in [0.15, 0.2) is 11.5 Å². The van der Waals surface area contributed by atoms with Crippen molar-refractivity contribution in [2.45, 2.75) is 33.3 Å². The number of ether oxygens (including phenoxy) is 1. The number of rotatable bonds is 3. The molecule has 0 atom stereocenters. The Morgan fingerprint density at radius 3 is 2.47 bits per heavy atom. The molecule has 11 heteroatoms. The van der Waals surface area contributed by atoms with Gasteiger partial charge >= 0.3 is 6.09 Å². The van der Waals surface area contributed by atoms with Crippen LogP contribution in [0, 0.1) is 18.2 Å². The summed E-state index contributed by atoms with van der Waals surface area (Å²) >= 11 is 0. The van der Waals surface area contributed by atoms with Gasteiger partial charge in [0.1, 0.15) is 16.6 Å². The van der Waals surface area contributed by atoms with Crippen LogP contribution in [-0.2, 0) is 4.74 Å². The molecule has 2 saturated heterocycles. The first kappa shape index (κ1) is 24.1. The molecule has 1 spiro atoms. The average Bonchev–Trinajstić information content (AvgIpc) is 3.16. The van der Waals surface area contributed by atoms with E-state index in [1.54, 1.807) is 47.1 Å². The van der Waals surface area contributed by atoms with Gasteiger partial charge in [-0.25, -0.2) is 14.2 Å². The van der Waals surface area contributed by atoms with Gasteiger partial charge in [-0.3, -0.25) is 14.8 Å². The summed E-state index contributed by atoms with van der Waals surface area (Å²) in [4.78, 5) is 42.6. The maximum Gasteiger partial charge on any atom is 0.410 e. The highest BCUT2D eigenvalue weighted by molar-refractivity contribution is 6.13. The molecule has 2 aliphatic rings. The quantitative estimate of drug-likeness (QED) is 0.437. The van der Waals surface area contributed by atoms with Gasteiger partial charge in [0.2, 0.25) is 0 Å². The smallest absolute Gasteiger partial charge is 0.410 e. The van der Waals surface area contributed by atoms with Crippen molar-refractivity contribution < 1.29 is 18.7 Å². The molecule has 0 radical (unpaired) electrons. The summed E-state index contributed by atoms with van der Waals surface area (Å²) in [6.07, 6.45) is 6.18. The second-order valence-corrected chi connectivity index (χ2v) is 11.2. The van der Waals surface area contributed by atoms with Gasteiger partial charge in [0, 0.05) is 62.4 Å². The molecule has 10 nitrogen and oxygen atoms in total. The van der Waals surface area contributed by atoms with Gasteiger partial charge in [0.25, 0.3) is 5.91 Å². The number of benzene rings is 1. The van der Waals surface area contributed by atoms with Crippen LogP contribution in [0.5, 0.6) is 0 Å². The normalized spacial score (nSPS) is 16.4. The number of aryl methyl sites for hydroxylation is 1. The molecule has 196 valence electrons. The van der Waals surface area contributed by atoms with Crippen molar-refractivity contribution in [2.75, 3.05) is 36.4 Å². The summed E-state index contributed by atoms with van der Waals surface area (Å²) in [6, 6.07) is 4.84. The van der Waals surface area contributed by atoms with E-state index in [1.165, 1.54) is 6.07 Å². The number of fused-ring (bicyclic) bond motifs is 2. The fourth-order valence-corrected chi connectivity index (χ4v) is 5.28. The number of amides is 2. The molecule has 1 aromatic carbocycles. The molecule has 4 aromatic rings. The molecule has 3 aromatic heterocycles. The number of halogens is 1. The molecule has 0 unspecified atom stereocenters. The Balaban J connectivity index is 1.19. The van der Waals surface area contributed by atoms with Crippen LogP contribution >= 0.6 is 0 Å². The summed E-state index contributed by atoms with van der Waals surface area (Å²) in [5, 5.41) is 2.77. The molecule has 2 fully saturated rings. The molecule has 0 bridgehead atoms. The van der Waals surface area contributed by atoms with E-state index in [1.807, 2.05) is 26.8 Å². The number of likely N-dealkylation sites (tertiary alicyclic amines) is 1. The largest absolute Gasteiger partial charge is 0.444 e. The molecule has 38 heavy (non-hydrogen) atoms. The first-order valence-corrected chi connectivity index (χ1v) is 12.4. The van der Waals surface area contributed by atoms with Crippen LogP contribution in [0.1, 0.15) is 36.8 Å². The van der Waals surface area contributed by atoms with E-state index in [-0.39, 0.29) is 17.2 Å². The van der Waals surface area contributed by atoms with Crippen LogP contribution in [0.4, 0.5) is 20.6 Å². The van der Waals surface area contributed by atoms with Crippen molar-refractivity contribution in [1.82, 2.24) is 24.3 Å². The lowest BCUT2D eigenvalue weighted by Gasteiger charge is -2.60. The summed E-state index contributed by atoms with van der Waals surface area (Å²) < 4.78 is 21.5. The van der Waals surface area contributed by atoms with E-state index in [4.69, 9.17) is 4.74 Å². The minimum Gasteiger partial charge on any atom is -0.444 e. The highest BCUT2D eigenvalue weighted by atomic mass is 19.1. The Bertz CT molecular complexity index is 1600. The maximum absolute atomic E-state index is 14.5. The average molecular weight is 518 g/mol. The van der Waals surface area contributed by atoms with Crippen molar-refractivity contribution in [1.29, 1.82) is 0 Å². The lowest BCUT2D eigenvalue weighted by atomic mass is 9.72. The number of imidazole rings is 1. The maximum atomic E-state index is 14.5. The fraction of sp³-hybridized carbons (Fsp3) is 0.370. The number of anilines is 2. The zero-order valence-electron chi connectivity index (χ0n) is 21.7. The molecule has 2 aliphatic heterocycles. The van der Waals surface area contributed by atoms with Crippen LogP contribution in [0.15, 0.2) is 43.0 Å². The molecular weight excluding hydrogens is 489 g/mol. The lowest BCUT2D eigenvalue weighted by Crippen LogP contribution is -2.73. The number of nitrogens with one attached hydrogen (secondary N) is 1. The first-order chi connectivity index (χ1) is 18.0. The van der Waals surface area contributed by atoms with Gasteiger partial charge in [-0.2, -0.15) is 0 Å². The molecule has 6 rings (SSSR count). The Morgan fingerprint density at radius 2 is 1.76 bits per heavy atom. The third-order valence-electron chi connectivity index (χ3n) is 6.83. The summed E-state index contributed by atoms with van der Waals surface area (Å²) in [5.74, 6) is -0.937. The number of carbonyl (C=O) groups is 2. The molecule has 1 N–H and O–H groups in total. The molecule has 5 heterocycles. The fourth-order valence-electron chi connectivity index (χ4n) is 5.28. The predicted octanol–water partition coefficient (Wildman–Crippen LogP) is 4.03. The second-order valence-electron chi connectivity index (χ2n) is 11.2. The van der Waals surface area contributed by atoms with Crippen LogP contribution in [0.2, 0.25) is 0 Å². The van der Waals surface area contributed by atoms with E-state index in [0.29, 0.717) is 41.1 Å². The van der Waals surface area contributed by atoms with Crippen molar-refractivity contribution >= 4 is 40.1 Å². The molecule has 2 amide bonds. The number of pyridine rings is 1. The molecule has 0 saturated carbocycles. The number of carbonyl (C=O) groups excluding carboxylic acids is 2. The van der Waals surface area contributed by atoms with Crippen LogP contribution in [0.25, 0.3) is 16.7 Å². The number of hydrogen-bond acceptors (Lipinski definition) is 7.